The molecule has 0 spiro atoms. The molecule has 4 aromatic rings. The normalized spacial score (nSPS) is 14.6. The van der Waals surface area contributed by atoms with Gasteiger partial charge in [0.1, 0.15) is 11.6 Å². The first-order valence-corrected chi connectivity index (χ1v) is 12.4. The number of ether oxygens (including phenoxy) is 1. The zero-order valence-corrected chi connectivity index (χ0v) is 21.8. The summed E-state index contributed by atoms with van der Waals surface area (Å²) in [5, 5.41) is 5.12. The van der Waals surface area contributed by atoms with Crippen LogP contribution in [0.3, 0.4) is 0 Å². The number of hydrogen-bond donors (Lipinski definition) is 0. The van der Waals surface area contributed by atoms with Crippen LogP contribution in [0.15, 0.2) is 42.5 Å². The average Bonchev–Trinajstić information content (AvgIpc) is 3.48. The van der Waals surface area contributed by atoms with Gasteiger partial charge in [0, 0.05) is 29.4 Å². The van der Waals surface area contributed by atoms with Gasteiger partial charge in [0.15, 0.2) is 5.65 Å². The minimum Gasteiger partial charge on any atom is -0.497 e. The number of halogens is 1. The van der Waals surface area contributed by atoms with E-state index in [0.717, 1.165) is 42.0 Å². The Bertz CT molecular complexity index is 1390. The molecular weight excluding hydrogens is 456 g/mol. The van der Waals surface area contributed by atoms with E-state index in [4.69, 9.17) is 14.8 Å². The van der Waals surface area contributed by atoms with Gasteiger partial charge in [-0.25, -0.2) is 4.98 Å². The molecule has 35 heavy (non-hydrogen) atoms. The van der Waals surface area contributed by atoms with Crippen molar-refractivity contribution in [2.24, 2.45) is 0 Å². The number of rotatable bonds is 6. The largest absolute Gasteiger partial charge is 0.497 e. The Balaban J connectivity index is 0.00000253. The lowest BCUT2D eigenvalue weighted by Crippen LogP contribution is -2.29. The van der Waals surface area contributed by atoms with Gasteiger partial charge in [-0.2, -0.15) is 9.61 Å². The zero-order valence-electron chi connectivity index (χ0n) is 21.0. The van der Waals surface area contributed by atoms with Crippen LogP contribution >= 0.6 is 12.4 Å². The molecule has 1 saturated carbocycles. The Morgan fingerprint density at radius 3 is 2.49 bits per heavy atom. The van der Waals surface area contributed by atoms with Crippen LogP contribution in [-0.4, -0.2) is 27.7 Å². The SMILES string of the molecule is COc1ccc(-c2c(C)nn3c(N(Cc4ccc(C)cc4)C4CC4)c4c(nc23)CCC4)c(C)c1.Cl. The Morgan fingerprint density at radius 2 is 1.80 bits per heavy atom. The first kappa shape index (κ1) is 23.7. The number of anilines is 1. The van der Waals surface area contributed by atoms with Crippen LogP contribution in [0.5, 0.6) is 5.75 Å². The second-order valence-electron chi connectivity index (χ2n) is 9.94. The van der Waals surface area contributed by atoms with E-state index in [1.807, 2.05) is 6.07 Å². The van der Waals surface area contributed by atoms with Gasteiger partial charge in [-0.05, 0) is 81.7 Å². The van der Waals surface area contributed by atoms with Crippen LogP contribution in [0.4, 0.5) is 5.82 Å². The van der Waals surface area contributed by atoms with Crippen LogP contribution < -0.4 is 9.64 Å². The number of aromatic nitrogens is 3. The van der Waals surface area contributed by atoms with Crippen LogP contribution in [0.2, 0.25) is 0 Å². The smallest absolute Gasteiger partial charge is 0.165 e. The third-order valence-corrected chi connectivity index (χ3v) is 7.37. The van der Waals surface area contributed by atoms with Crippen molar-refractivity contribution >= 4 is 23.9 Å². The highest BCUT2D eigenvalue weighted by Gasteiger charge is 2.35. The molecule has 2 aromatic carbocycles. The van der Waals surface area contributed by atoms with E-state index in [0.29, 0.717) is 6.04 Å². The number of aryl methyl sites for hydroxylation is 4. The molecule has 0 radical (unpaired) electrons. The van der Waals surface area contributed by atoms with Crippen molar-refractivity contribution in [3.8, 4) is 16.9 Å². The molecule has 1 fully saturated rings. The fourth-order valence-electron chi connectivity index (χ4n) is 5.42. The molecule has 5 nitrogen and oxygen atoms in total. The van der Waals surface area contributed by atoms with Gasteiger partial charge in [-0.15, -0.1) is 12.4 Å². The predicted molar refractivity (Wildman–Crippen MR) is 144 cm³/mol. The first-order valence-electron chi connectivity index (χ1n) is 12.4. The molecule has 6 rings (SSSR count). The molecule has 0 atom stereocenters. The molecular formula is C29H33ClN4O. The lowest BCUT2D eigenvalue weighted by molar-refractivity contribution is 0.414. The summed E-state index contributed by atoms with van der Waals surface area (Å²) in [5.74, 6) is 2.14. The van der Waals surface area contributed by atoms with E-state index in [-0.39, 0.29) is 12.4 Å². The standard InChI is InChI=1S/C29H32N4O.ClH/c1-18-8-10-21(11-9-18)17-32(22-12-13-22)29-25-6-5-7-26(25)30-28-27(20(3)31-33(28)29)24-15-14-23(34-4)16-19(24)2;/h8-11,14-16,22H,5-7,12-13,17H2,1-4H3;1H. The highest BCUT2D eigenvalue weighted by atomic mass is 35.5. The molecule has 2 aliphatic carbocycles. The molecule has 2 aliphatic rings. The summed E-state index contributed by atoms with van der Waals surface area (Å²) in [6.07, 6.45) is 5.79. The van der Waals surface area contributed by atoms with Gasteiger partial charge >= 0.3 is 0 Å². The summed E-state index contributed by atoms with van der Waals surface area (Å²) in [5.41, 5.74) is 10.8. The lowest BCUT2D eigenvalue weighted by Gasteiger charge is -2.27. The van der Waals surface area contributed by atoms with E-state index >= 15 is 0 Å². The maximum absolute atomic E-state index is 5.45. The molecule has 0 saturated heterocycles. The Hall–Kier alpha value is -3.05. The van der Waals surface area contributed by atoms with Crippen molar-refractivity contribution in [2.45, 2.75) is 65.5 Å². The number of hydrogen-bond acceptors (Lipinski definition) is 4. The van der Waals surface area contributed by atoms with Crippen LogP contribution in [0, 0.1) is 20.8 Å². The van der Waals surface area contributed by atoms with Crippen molar-refractivity contribution in [2.75, 3.05) is 12.0 Å². The third-order valence-electron chi connectivity index (χ3n) is 7.37. The van der Waals surface area contributed by atoms with Crippen molar-refractivity contribution in [3.05, 3.63) is 76.1 Å². The molecule has 2 aromatic heterocycles. The van der Waals surface area contributed by atoms with E-state index in [1.165, 1.54) is 58.6 Å². The third kappa shape index (κ3) is 4.16. The fraction of sp³-hybridized carbons (Fsp3) is 0.379. The van der Waals surface area contributed by atoms with Gasteiger partial charge < -0.3 is 9.64 Å². The second kappa shape index (κ2) is 9.19. The molecule has 0 aliphatic heterocycles. The highest BCUT2D eigenvalue weighted by Crippen LogP contribution is 2.41. The summed E-state index contributed by atoms with van der Waals surface area (Å²) >= 11 is 0. The van der Waals surface area contributed by atoms with Crippen molar-refractivity contribution in [1.82, 2.24) is 14.6 Å². The summed E-state index contributed by atoms with van der Waals surface area (Å²) in [7, 11) is 1.71. The summed E-state index contributed by atoms with van der Waals surface area (Å²) in [6.45, 7) is 7.32. The van der Waals surface area contributed by atoms with Crippen molar-refractivity contribution in [3.63, 3.8) is 0 Å². The lowest BCUT2D eigenvalue weighted by atomic mass is 10.0. The van der Waals surface area contributed by atoms with E-state index < -0.39 is 0 Å². The minimum atomic E-state index is 0. The summed E-state index contributed by atoms with van der Waals surface area (Å²) in [4.78, 5) is 7.83. The van der Waals surface area contributed by atoms with Gasteiger partial charge in [0.25, 0.3) is 0 Å². The van der Waals surface area contributed by atoms with Crippen molar-refractivity contribution in [1.29, 1.82) is 0 Å². The molecule has 0 N–H and O–H groups in total. The predicted octanol–water partition coefficient (Wildman–Crippen LogP) is 6.41. The summed E-state index contributed by atoms with van der Waals surface area (Å²) in [6, 6.07) is 15.8. The molecule has 6 heteroatoms. The number of benzene rings is 2. The number of methoxy groups -OCH3 is 1. The topological polar surface area (TPSA) is 42.7 Å². The Kier molecular flexibility index (Phi) is 6.22. The molecule has 182 valence electrons. The quantitative estimate of drug-likeness (QED) is 0.314. The zero-order chi connectivity index (χ0) is 23.4. The number of fused-ring (bicyclic) bond motifs is 2. The second-order valence-corrected chi connectivity index (χ2v) is 9.94. The first-order chi connectivity index (χ1) is 16.5. The van der Waals surface area contributed by atoms with Gasteiger partial charge in [0.2, 0.25) is 0 Å². The van der Waals surface area contributed by atoms with E-state index in [9.17, 15) is 0 Å². The number of nitrogens with zero attached hydrogens (tertiary/aromatic N) is 4. The Labute approximate surface area is 213 Å². The molecule has 0 unspecified atom stereocenters. The fourth-order valence-corrected chi connectivity index (χ4v) is 5.42. The van der Waals surface area contributed by atoms with Gasteiger partial charge in [0.05, 0.1) is 12.8 Å². The van der Waals surface area contributed by atoms with E-state index in [1.54, 1.807) is 7.11 Å². The van der Waals surface area contributed by atoms with Gasteiger partial charge in [-0.1, -0.05) is 35.9 Å². The minimum absolute atomic E-state index is 0. The maximum atomic E-state index is 5.45. The maximum Gasteiger partial charge on any atom is 0.165 e. The average molecular weight is 489 g/mol. The van der Waals surface area contributed by atoms with E-state index in [2.05, 4.69) is 66.6 Å². The molecule has 2 heterocycles. The Morgan fingerprint density at radius 1 is 1.03 bits per heavy atom. The van der Waals surface area contributed by atoms with Crippen molar-refractivity contribution < 1.29 is 4.74 Å². The molecule has 0 bridgehead atoms. The summed E-state index contributed by atoms with van der Waals surface area (Å²) < 4.78 is 7.61. The van der Waals surface area contributed by atoms with Crippen LogP contribution in [0.25, 0.3) is 16.8 Å². The van der Waals surface area contributed by atoms with Crippen LogP contribution in [-0.2, 0) is 19.4 Å². The van der Waals surface area contributed by atoms with Crippen LogP contribution in [0.1, 0.15) is 52.9 Å². The van der Waals surface area contributed by atoms with Gasteiger partial charge in [-0.3, -0.25) is 0 Å². The monoisotopic (exact) mass is 488 g/mol. The molecule has 0 amide bonds. The highest BCUT2D eigenvalue weighted by molar-refractivity contribution is 5.85.